The van der Waals surface area contributed by atoms with E-state index in [1.807, 2.05) is 22.9 Å². The largest absolute Gasteiger partial charge is 0.305 e. The third kappa shape index (κ3) is 1.27. The Balaban J connectivity index is 2.78. The Kier molecular flexibility index (Phi) is 2.16. The molecule has 0 aliphatic heterocycles. The van der Waals surface area contributed by atoms with Gasteiger partial charge in [-0.05, 0) is 34.7 Å². The zero-order valence-corrected chi connectivity index (χ0v) is 9.17. The van der Waals surface area contributed by atoms with Crippen LogP contribution in [0.5, 0.6) is 0 Å². The predicted octanol–water partition coefficient (Wildman–Crippen LogP) is 2.03. The number of aromatic nitrogens is 2. The van der Waals surface area contributed by atoms with Crippen molar-refractivity contribution in [1.29, 1.82) is 0 Å². The molecule has 0 aliphatic carbocycles. The van der Waals surface area contributed by atoms with Crippen LogP contribution in [0.4, 0.5) is 0 Å². The molecule has 1 unspecified atom stereocenters. The quantitative estimate of drug-likeness (QED) is 0.700. The van der Waals surface area contributed by atoms with Crippen molar-refractivity contribution < 1.29 is 0 Å². The Hall–Kier alpha value is -0.400. The van der Waals surface area contributed by atoms with Crippen molar-refractivity contribution in [2.75, 3.05) is 6.66 Å². The van der Waals surface area contributed by atoms with Crippen molar-refractivity contribution >= 4 is 35.5 Å². The van der Waals surface area contributed by atoms with Gasteiger partial charge in [0.05, 0.1) is 0 Å². The van der Waals surface area contributed by atoms with Crippen LogP contribution < -0.4 is 5.30 Å². The van der Waals surface area contributed by atoms with Crippen molar-refractivity contribution in [3.8, 4) is 0 Å². The zero-order valence-electron chi connectivity index (χ0n) is 6.58. The van der Waals surface area contributed by atoms with E-state index in [1.54, 1.807) is 0 Å². The van der Waals surface area contributed by atoms with Gasteiger partial charge in [0.15, 0.2) is 0 Å². The summed E-state index contributed by atoms with van der Waals surface area (Å²) in [5, 5.41) is 1.31. The summed E-state index contributed by atoms with van der Waals surface area (Å²) in [6.45, 7) is 2.16. The maximum atomic E-state index is 4.37. The molecule has 0 fully saturated rings. The normalized spacial score (nSPS) is 11.8. The van der Waals surface area contributed by atoms with Crippen LogP contribution in [0.3, 0.4) is 0 Å². The van der Waals surface area contributed by atoms with Crippen molar-refractivity contribution in [2.24, 2.45) is 0 Å². The van der Waals surface area contributed by atoms with Crippen LogP contribution in [0.25, 0.3) is 5.65 Å². The van der Waals surface area contributed by atoms with Crippen LogP contribution in [0.2, 0.25) is 0 Å². The lowest BCUT2D eigenvalue weighted by Crippen LogP contribution is -1.99. The second-order valence-corrected chi connectivity index (χ2v) is 4.32. The Labute approximate surface area is 80.9 Å². The number of fused-ring (bicyclic) bond motifs is 1. The summed E-state index contributed by atoms with van der Waals surface area (Å²) in [6.07, 6.45) is 3.98. The lowest BCUT2D eigenvalue weighted by molar-refractivity contribution is 1.20. The number of hydrogen-bond acceptors (Lipinski definition) is 1. The molecule has 0 saturated heterocycles. The van der Waals surface area contributed by atoms with Crippen LogP contribution in [-0.4, -0.2) is 16.0 Å². The molecule has 2 aromatic heterocycles. The first-order valence-electron chi connectivity index (χ1n) is 3.62. The Morgan fingerprint density at radius 2 is 2.42 bits per heavy atom. The zero-order chi connectivity index (χ0) is 8.55. The molecule has 0 amide bonds. The first-order valence-corrected chi connectivity index (χ1v) is 5.91. The maximum Gasteiger partial charge on any atom is 0.145 e. The molecule has 4 heteroatoms. The minimum atomic E-state index is 0.793. The average Bonchev–Trinajstić information content (AvgIpc) is 2.44. The van der Waals surface area contributed by atoms with Crippen LogP contribution in [0.1, 0.15) is 0 Å². The number of hydrogen-bond donors (Lipinski definition) is 0. The third-order valence-corrected chi connectivity index (χ3v) is 3.03. The number of rotatable bonds is 1. The number of pyridine rings is 1. The van der Waals surface area contributed by atoms with Crippen LogP contribution in [-0.2, 0) is 0 Å². The lowest BCUT2D eigenvalue weighted by Gasteiger charge is -1.97. The fourth-order valence-corrected chi connectivity index (χ4v) is 2.24. The van der Waals surface area contributed by atoms with Gasteiger partial charge in [-0.15, -0.1) is 0 Å². The Bertz CT molecular complexity index is 410. The van der Waals surface area contributed by atoms with Crippen LogP contribution in [0.15, 0.2) is 29.1 Å². The van der Waals surface area contributed by atoms with E-state index in [-0.39, 0.29) is 0 Å². The van der Waals surface area contributed by atoms with E-state index in [2.05, 4.69) is 33.6 Å². The number of nitrogens with zero attached hydrogens (tertiary/aromatic N) is 2. The SMILES string of the molecule is CPc1cccn2cc(Br)nc12. The fraction of sp³-hybridized carbons (Fsp3) is 0.125. The highest BCUT2D eigenvalue weighted by atomic mass is 79.9. The third-order valence-electron chi connectivity index (χ3n) is 1.72. The number of imidazole rings is 1. The summed E-state index contributed by atoms with van der Waals surface area (Å²) in [4.78, 5) is 4.37. The Morgan fingerprint density at radius 3 is 3.17 bits per heavy atom. The molecule has 0 bridgehead atoms. The molecule has 1 atom stereocenters. The van der Waals surface area contributed by atoms with E-state index < -0.39 is 0 Å². The lowest BCUT2D eigenvalue weighted by atomic mass is 10.5. The van der Waals surface area contributed by atoms with Crippen LogP contribution in [0, 0.1) is 0 Å². The summed E-state index contributed by atoms with van der Waals surface area (Å²) in [5.74, 6) is 0. The van der Waals surface area contributed by atoms with Gasteiger partial charge < -0.3 is 4.40 Å². The van der Waals surface area contributed by atoms with Gasteiger partial charge in [0.2, 0.25) is 0 Å². The second-order valence-electron chi connectivity index (χ2n) is 2.47. The first kappa shape index (κ1) is 8.21. The van der Waals surface area contributed by atoms with Crippen molar-refractivity contribution in [1.82, 2.24) is 9.38 Å². The van der Waals surface area contributed by atoms with E-state index in [4.69, 9.17) is 0 Å². The summed E-state index contributed by atoms with van der Waals surface area (Å²) in [6, 6.07) is 4.17. The molecule has 0 N–H and O–H groups in total. The van der Waals surface area contributed by atoms with Gasteiger partial charge >= 0.3 is 0 Å². The standard InChI is InChI=1S/C8H8BrN2P/c1-12-6-3-2-4-11-5-7(9)10-8(6)11/h2-5,12H,1H3. The van der Waals surface area contributed by atoms with E-state index in [0.29, 0.717) is 0 Å². The van der Waals surface area contributed by atoms with Gasteiger partial charge in [-0.1, -0.05) is 8.58 Å². The highest BCUT2D eigenvalue weighted by molar-refractivity contribution is 9.10. The van der Waals surface area contributed by atoms with Crippen LogP contribution >= 0.6 is 24.5 Å². The smallest absolute Gasteiger partial charge is 0.145 e. The summed E-state index contributed by atoms with van der Waals surface area (Å²) < 4.78 is 2.93. The summed E-state index contributed by atoms with van der Waals surface area (Å²) >= 11 is 3.36. The van der Waals surface area contributed by atoms with Crippen molar-refractivity contribution in [3.63, 3.8) is 0 Å². The molecule has 2 nitrogen and oxygen atoms in total. The topological polar surface area (TPSA) is 17.3 Å². The molecule has 2 aromatic rings. The molecular weight excluding hydrogens is 235 g/mol. The predicted molar refractivity (Wildman–Crippen MR) is 56.8 cm³/mol. The van der Waals surface area contributed by atoms with Gasteiger partial charge in [-0.3, -0.25) is 0 Å². The molecule has 12 heavy (non-hydrogen) atoms. The van der Waals surface area contributed by atoms with Gasteiger partial charge in [0.1, 0.15) is 10.3 Å². The molecular formula is C8H8BrN2P. The minimum absolute atomic E-state index is 0.793. The summed E-state index contributed by atoms with van der Waals surface area (Å²) in [5.41, 5.74) is 1.06. The highest BCUT2D eigenvalue weighted by Gasteiger charge is 2.01. The second kappa shape index (κ2) is 3.15. The summed E-state index contributed by atoms with van der Waals surface area (Å²) in [7, 11) is 0.793. The van der Waals surface area contributed by atoms with E-state index in [0.717, 1.165) is 18.8 Å². The minimum Gasteiger partial charge on any atom is -0.305 e. The average molecular weight is 243 g/mol. The van der Waals surface area contributed by atoms with Gasteiger partial charge in [-0.25, -0.2) is 4.98 Å². The van der Waals surface area contributed by atoms with E-state index in [9.17, 15) is 0 Å². The van der Waals surface area contributed by atoms with Crippen molar-refractivity contribution in [2.45, 2.75) is 0 Å². The molecule has 62 valence electrons. The number of halogens is 1. The molecule has 0 aliphatic rings. The molecule has 0 spiro atoms. The Morgan fingerprint density at radius 1 is 1.58 bits per heavy atom. The first-order chi connectivity index (χ1) is 5.81. The maximum absolute atomic E-state index is 4.37. The molecule has 2 heterocycles. The van der Waals surface area contributed by atoms with E-state index >= 15 is 0 Å². The molecule has 0 radical (unpaired) electrons. The molecule has 0 saturated carbocycles. The van der Waals surface area contributed by atoms with Crippen molar-refractivity contribution in [3.05, 3.63) is 29.1 Å². The highest BCUT2D eigenvalue weighted by Crippen LogP contribution is 2.13. The molecule has 2 rings (SSSR count). The fourth-order valence-electron chi connectivity index (χ4n) is 1.18. The molecule has 0 aromatic carbocycles. The monoisotopic (exact) mass is 242 g/mol. The van der Waals surface area contributed by atoms with E-state index in [1.165, 1.54) is 5.30 Å². The van der Waals surface area contributed by atoms with Gasteiger partial charge in [0.25, 0.3) is 0 Å². The van der Waals surface area contributed by atoms with Gasteiger partial charge in [0, 0.05) is 17.7 Å². The van der Waals surface area contributed by atoms with Gasteiger partial charge in [-0.2, -0.15) is 0 Å².